The number of hydrogen-bond acceptors (Lipinski definition) is 4. The SMILES string of the molecule is Cc1ccc2c(c1)nnn2S(=O)(=O)c1cc(Cl)c(Cl)cc1Br. The highest BCUT2D eigenvalue weighted by Crippen LogP contribution is 2.33. The average molecular weight is 421 g/mol. The van der Waals surface area contributed by atoms with Crippen molar-refractivity contribution in [3.63, 3.8) is 0 Å². The molecule has 1 heterocycles. The number of aryl methyl sites for hydroxylation is 1. The van der Waals surface area contributed by atoms with E-state index < -0.39 is 10.0 Å². The molecule has 114 valence electrons. The second-order valence-electron chi connectivity index (χ2n) is 4.63. The minimum absolute atomic E-state index is 0.0331. The maximum atomic E-state index is 12.8. The minimum Gasteiger partial charge on any atom is -0.199 e. The zero-order valence-corrected chi connectivity index (χ0v) is 15.0. The molecule has 0 aliphatic heterocycles. The van der Waals surface area contributed by atoms with Crippen LogP contribution in [0.15, 0.2) is 39.7 Å². The highest BCUT2D eigenvalue weighted by molar-refractivity contribution is 9.10. The number of halogens is 3. The predicted octanol–water partition coefficient (Wildman–Crippen LogP) is 4.05. The van der Waals surface area contributed by atoms with Crippen molar-refractivity contribution in [1.82, 2.24) is 14.4 Å². The Morgan fingerprint density at radius 3 is 2.55 bits per heavy atom. The molecule has 0 saturated heterocycles. The third kappa shape index (κ3) is 2.52. The van der Waals surface area contributed by atoms with Gasteiger partial charge in [-0.05, 0) is 52.7 Å². The van der Waals surface area contributed by atoms with Crippen LogP contribution in [0.5, 0.6) is 0 Å². The first kappa shape index (κ1) is 15.7. The summed E-state index contributed by atoms with van der Waals surface area (Å²) in [6, 6.07) is 7.93. The van der Waals surface area contributed by atoms with Gasteiger partial charge in [0, 0.05) is 4.47 Å². The molecule has 0 bridgehead atoms. The number of nitrogens with zero attached hydrogens (tertiary/aromatic N) is 3. The van der Waals surface area contributed by atoms with Gasteiger partial charge in [-0.15, -0.1) is 9.19 Å². The topological polar surface area (TPSA) is 64.8 Å². The fourth-order valence-corrected chi connectivity index (χ4v) is 4.77. The zero-order valence-electron chi connectivity index (χ0n) is 11.1. The van der Waals surface area contributed by atoms with Crippen LogP contribution in [-0.2, 0) is 10.0 Å². The fourth-order valence-electron chi connectivity index (χ4n) is 1.98. The van der Waals surface area contributed by atoms with Crippen molar-refractivity contribution < 1.29 is 8.42 Å². The van der Waals surface area contributed by atoms with Crippen molar-refractivity contribution in [2.24, 2.45) is 0 Å². The molecule has 0 fully saturated rings. The van der Waals surface area contributed by atoms with E-state index >= 15 is 0 Å². The van der Waals surface area contributed by atoms with Gasteiger partial charge in [-0.2, -0.15) is 8.42 Å². The lowest BCUT2D eigenvalue weighted by molar-refractivity contribution is 0.579. The summed E-state index contributed by atoms with van der Waals surface area (Å²) in [5.41, 5.74) is 1.86. The van der Waals surface area contributed by atoms with Gasteiger partial charge in [0.2, 0.25) is 0 Å². The highest BCUT2D eigenvalue weighted by Gasteiger charge is 2.25. The molecule has 0 amide bonds. The molecule has 0 N–H and O–H groups in total. The van der Waals surface area contributed by atoms with E-state index in [2.05, 4.69) is 26.2 Å². The standard InChI is InChI=1S/C13H8BrCl2N3O2S/c1-7-2-3-12-11(4-7)17-18-19(12)22(20,21)13-6-10(16)9(15)5-8(13)14/h2-6H,1H3. The van der Waals surface area contributed by atoms with Gasteiger partial charge in [-0.25, -0.2) is 0 Å². The summed E-state index contributed by atoms with van der Waals surface area (Å²) < 4.78 is 26.8. The Labute approximate surface area is 145 Å². The van der Waals surface area contributed by atoms with Crippen LogP contribution in [0.1, 0.15) is 5.56 Å². The van der Waals surface area contributed by atoms with Gasteiger partial charge in [0.25, 0.3) is 10.0 Å². The monoisotopic (exact) mass is 419 g/mol. The van der Waals surface area contributed by atoms with E-state index in [0.717, 1.165) is 9.65 Å². The molecule has 0 unspecified atom stereocenters. The van der Waals surface area contributed by atoms with Gasteiger partial charge < -0.3 is 0 Å². The summed E-state index contributed by atoms with van der Waals surface area (Å²) in [4.78, 5) is -0.0331. The Balaban J connectivity index is 2.27. The summed E-state index contributed by atoms with van der Waals surface area (Å²) in [6.07, 6.45) is 0. The number of aromatic nitrogens is 3. The first-order chi connectivity index (χ1) is 10.3. The quantitative estimate of drug-likeness (QED) is 0.586. The minimum atomic E-state index is -3.95. The van der Waals surface area contributed by atoms with E-state index in [0.29, 0.717) is 15.5 Å². The largest absolute Gasteiger partial charge is 0.286 e. The van der Waals surface area contributed by atoms with Crippen LogP contribution in [0.2, 0.25) is 10.0 Å². The Morgan fingerprint density at radius 2 is 1.82 bits per heavy atom. The third-order valence-electron chi connectivity index (χ3n) is 3.05. The average Bonchev–Trinajstić information content (AvgIpc) is 2.86. The number of benzene rings is 2. The van der Waals surface area contributed by atoms with Gasteiger partial charge in [-0.3, -0.25) is 0 Å². The molecule has 1 aromatic heterocycles. The Bertz CT molecular complexity index is 1000. The molecule has 0 aliphatic carbocycles. The van der Waals surface area contributed by atoms with E-state index in [4.69, 9.17) is 23.2 Å². The maximum Gasteiger partial charge on any atom is 0.286 e. The molecule has 0 radical (unpaired) electrons. The van der Waals surface area contributed by atoms with Crippen molar-refractivity contribution in [2.45, 2.75) is 11.8 Å². The van der Waals surface area contributed by atoms with Crippen LogP contribution in [-0.4, -0.2) is 22.8 Å². The molecule has 5 nitrogen and oxygen atoms in total. The van der Waals surface area contributed by atoms with Crippen molar-refractivity contribution in [1.29, 1.82) is 0 Å². The normalized spacial score (nSPS) is 12.0. The Hall–Kier alpha value is -1.15. The summed E-state index contributed by atoms with van der Waals surface area (Å²) in [6.45, 7) is 1.89. The second-order valence-corrected chi connectivity index (χ2v) is 8.03. The van der Waals surface area contributed by atoms with Crippen LogP contribution >= 0.6 is 39.1 Å². The Kier molecular flexibility index (Phi) is 3.92. The summed E-state index contributed by atoms with van der Waals surface area (Å²) in [7, 11) is -3.95. The van der Waals surface area contributed by atoms with Crippen LogP contribution < -0.4 is 0 Å². The second kappa shape index (κ2) is 5.49. The zero-order chi connectivity index (χ0) is 16.1. The van der Waals surface area contributed by atoms with Crippen LogP contribution in [0.4, 0.5) is 0 Å². The number of rotatable bonds is 2. The van der Waals surface area contributed by atoms with Crippen molar-refractivity contribution in [2.75, 3.05) is 0 Å². The van der Waals surface area contributed by atoms with Gasteiger partial charge in [0.1, 0.15) is 15.9 Å². The van der Waals surface area contributed by atoms with E-state index in [9.17, 15) is 8.42 Å². The maximum absolute atomic E-state index is 12.8. The molecular weight excluding hydrogens is 413 g/mol. The smallest absolute Gasteiger partial charge is 0.199 e. The molecular formula is C13H8BrCl2N3O2S. The fraction of sp³-hybridized carbons (Fsp3) is 0.0769. The lowest BCUT2D eigenvalue weighted by atomic mass is 10.2. The lowest BCUT2D eigenvalue weighted by Gasteiger charge is -2.08. The summed E-state index contributed by atoms with van der Waals surface area (Å²) >= 11 is 15.0. The molecule has 0 aliphatic rings. The Morgan fingerprint density at radius 1 is 1.14 bits per heavy atom. The van der Waals surface area contributed by atoms with E-state index in [1.165, 1.54) is 12.1 Å². The molecule has 0 spiro atoms. The van der Waals surface area contributed by atoms with Crippen molar-refractivity contribution in [3.8, 4) is 0 Å². The van der Waals surface area contributed by atoms with Crippen LogP contribution in [0.25, 0.3) is 11.0 Å². The molecule has 3 rings (SSSR count). The van der Waals surface area contributed by atoms with Crippen LogP contribution in [0.3, 0.4) is 0 Å². The molecule has 9 heteroatoms. The van der Waals surface area contributed by atoms with Crippen LogP contribution in [0, 0.1) is 6.92 Å². The molecule has 0 saturated carbocycles. The molecule has 22 heavy (non-hydrogen) atoms. The van der Waals surface area contributed by atoms with Gasteiger partial charge >= 0.3 is 0 Å². The van der Waals surface area contributed by atoms with E-state index in [-0.39, 0.29) is 14.9 Å². The highest BCUT2D eigenvalue weighted by atomic mass is 79.9. The number of fused-ring (bicyclic) bond motifs is 1. The molecule has 2 aromatic carbocycles. The molecule has 3 aromatic rings. The predicted molar refractivity (Wildman–Crippen MR) is 89.0 cm³/mol. The van der Waals surface area contributed by atoms with Crippen molar-refractivity contribution >= 4 is 60.2 Å². The van der Waals surface area contributed by atoms with Gasteiger partial charge in [-0.1, -0.05) is 34.5 Å². The lowest BCUT2D eigenvalue weighted by Crippen LogP contribution is -2.15. The van der Waals surface area contributed by atoms with E-state index in [1.54, 1.807) is 18.2 Å². The van der Waals surface area contributed by atoms with E-state index in [1.807, 2.05) is 6.92 Å². The molecule has 0 atom stereocenters. The first-order valence-corrected chi connectivity index (χ1v) is 9.02. The first-order valence-electron chi connectivity index (χ1n) is 6.03. The van der Waals surface area contributed by atoms with Gasteiger partial charge in [0.15, 0.2) is 0 Å². The number of hydrogen-bond donors (Lipinski definition) is 0. The summed E-state index contributed by atoms with van der Waals surface area (Å²) in [5, 5.41) is 8.06. The van der Waals surface area contributed by atoms with Crippen molar-refractivity contribution in [3.05, 3.63) is 50.4 Å². The van der Waals surface area contributed by atoms with Gasteiger partial charge in [0.05, 0.1) is 10.0 Å². The third-order valence-corrected chi connectivity index (χ3v) is 6.31. The summed E-state index contributed by atoms with van der Waals surface area (Å²) in [5.74, 6) is 0.